The van der Waals surface area contributed by atoms with Gasteiger partial charge in [0.25, 0.3) is 0 Å². The molecular formula is C22H25NO6S. The van der Waals surface area contributed by atoms with Crippen LogP contribution in [0.4, 0.5) is 5.00 Å². The molecule has 1 N–H and O–H groups in total. The number of benzene rings is 1. The fourth-order valence-corrected chi connectivity index (χ4v) is 4.83. The number of hydrogen-bond donors (Lipinski definition) is 1. The molecule has 1 aliphatic carbocycles. The first kappa shape index (κ1) is 21.8. The molecule has 2 aromatic rings. The number of amides is 1. The zero-order valence-electron chi connectivity index (χ0n) is 17.3. The van der Waals surface area contributed by atoms with Crippen LogP contribution in [0.1, 0.15) is 51.5 Å². The normalized spacial score (nSPS) is 14.7. The molecule has 0 radical (unpaired) electrons. The number of ether oxygens (including phenoxy) is 3. The number of anilines is 1. The summed E-state index contributed by atoms with van der Waals surface area (Å²) in [5, 5.41) is 3.23. The summed E-state index contributed by atoms with van der Waals surface area (Å²) in [4.78, 5) is 37.9. The second-order valence-electron chi connectivity index (χ2n) is 7.07. The molecule has 1 amide bonds. The van der Waals surface area contributed by atoms with Gasteiger partial charge in [-0.2, -0.15) is 0 Å². The van der Waals surface area contributed by atoms with Gasteiger partial charge in [-0.1, -0.05) is 12.1 Å². The van der Waals surface area contributed by atoms with Crippen molar-refractivity contribution in [2.75, 3.05) is 26.1 Å². The van der Waals surface area contributed by atoms with Gasteiger partial charge in [0, 0.05) is 11.3 Å². The monoisotopic (exact) mass is 431 g/mol. The highest BCUT2D eigenvalue weighted by Gasteiger charge is 2.38. The van der Waals surface area contributed by atoms with E-state index in [9.17, 15) is 14.4 Å². The number of hydrogen-bond acceptors (Lipinski definition) is 7. The first-order valence-corrected chi connectivity index (χ1v) is 10.6. The van der Waals surface area contributed by atoms with Gasteiger partial charge in [-0.3, -0.25) is 9.59 Å². The average Bonchev–Trinajstić information content (AvgIpc) is 3.29. The first-order chi connectivity index (χ1) is 14.4. The van der Waals surface area contributed by atoms with Crippen LogP contribution in [0.15, 0.2) is 24.3 Å². The molecule has 0 spiro atoms. The van der Waals surface area contributed by atoms with E-state index in [2.05, 4.69) is 5.32 Å². The molecule has 7 nitrogen and oxygen atoms in total. The van der Waals surface area contributed by atoms with E-state index >= 15 is 0 Å². The molecule has 0 unspecified atom stereocenters. The van der Waals surface area contributed by atoms with Crippen molar-refractivity contribution in [3.63, 3.8) is 0 Å². The van der Waals surface area contributed by atoms with E-state index in [0.717, 1.165) is 16.2 Å². The summed E-state index contributed by atoms with van der Waals surface area (Å²) in [6.07, 6.45) is 2.02. The van der Waals surface area contributed by atoms with Gasteiger partial charge in [-0.05, 0) is 49.4 Å². The molecule has 1 aliphatic rings. The Morgan fingerprint density at radius 1 is 1.20 bits per heavy atom. The summed E-state index contributed by atoms with van der Waals surface area (Å²) >= 11 is 1.32. The Balaban J connectivity index is 1.64. The summed E-state index contributed by atoms with van der Waals surface area (Å²) in [7, 11) is 2.61. The van der Waals surface area contributed by atoms with E-state index in [4.69, 9.17) is 14.2 Å². The fourth-order valence-electron chi connectivity index (χ4n) is 3.55. The van der Waals surface area contributed by atoms with Crippen LogP contribution in [0.25, 0.3) is 0 Å². The number of thiophene rings is 1. The maximum atomic E-state index is 12.4. The highest BCUT2D eigenvalue weighted by Crippen LogP contribution is 2.45. The van der Waals surface area contributed by atoms with Crippen molar-refractivity contribution in [2.24, 2.45) is 0 Å². The van der Waals surface area contributed by atoms with Crippen molar-refractivity contribution in [3.8, 4) is 5.75 Å². The minimum atomic E-state index is -0.568. The van der Waals surface area contributed by atoms with Crippen molar-refractivity contribution < 1.29 is 28.6 Å². The van der Waals surface area contributed by atoms with E-state index in [1.54, 1.807) is 0 Å². The van der Waals surface area contributed by atoms with Crippen LogP contribution < -0.4 is 10.1 Å². The zero-order chi connectivity index (χ0) is 21.7. The highest BCUT2D eigenvalue weighted by molar-refractivity contribution is 7.17. The Kier molecular flexibility index (Phi) is 7.10. The third kappa shape index (κ3) is 4.81. The minimum absolute atomic E-state index is 0.220. The summed E-state index contributed by atoms with van der Waals surface area (Å²) in [6, 6.07) is 7.72. The number of nitrogens with one attached hydrogen (secondary N) is 1. The van der Waals surface area contributed by atoms with Crippen molar-refractivity contribution in [1.29, 1.82) is 0 Å². The molecule has 1 heterocycles. The number of methoxy groups -OCH3 is 2. The van der Waals surface area contributed by atoms with E-state index in [1.165, 1.54) is 25.6 Å². The molecule has 0 saturated heterocycles. The van der Waals surface area contributed by atoms with Crippen LogP contribution in [0.5, 0.6) is 5.75 Å². The molecule has 160 valence electrons. The van der Waals surface area contributed by atoms with E-state index in [0.29, 0.717) is 36.4 Å². The predicted octanol–water partition coefficient (Wildman–Crippen LogP) is 3.84. The molecule has 0 saturated carbocycles. The van der Waals surface area contributed by atoms with Crippen LogP contribution in [0, 0.1) is 6.92 Å². The molecule has 1 aromatic carbocycles. The molecule has 0 aliphatic heterocycles. The molecule has 30 heavy (non-hydrogen) atoms. The van der Waals surface area contributed by atoms with E-state index < -0.39 is 11.9 Å². The van der Waals surface area contributed by atoms with Gasteiger partial charge in [0.1, 0.15) is 10.8 Å². The number of carbonyl (C=O) groups is 3. The smallest absolute Gasteiger partial charge is 0.341 e. The quantitative estimate of drug-likeness (QED) is 0.504. The van der Waals surface area contributed by atoms with Crippen molar-refractivity contribution in [3.05, 3.63) is 45.8 Å². The van der Waals surface area contributed by atoms with Gasteiger partial charge >= 0.3 is 11.9 Å². The summed E-state index contributed by atoms with van der Waals surface area (Å²) < 4.78 is 15.4. The number of fused-ring (bicyclic) bond motifs is 1. The van der Waals surface area contributed by atoms with Gasteiger partial charge in [-0.25, -0.2) is 4.79 Å². The van der Waals surface area contributed by atoms with Crippen molar-refractivity contribution in [1.82, 2.24) is 0 Å². The summed E-state index contributed by atoms with van der Waals surface area (Å²) in [5.74, 6) is -0.914. The molecule has 1 atom stereocenters. The molecule has 1 aromatic heterocycles. The Morgan fingerprint density at radius 2 is 2.00 bits per heavy atom. The largest absolute Gasteiger partial charge is 0.494 e. The lowest BCUT2D eigenvalue weighted by molar-refractivity contribution is -0.142. The Hall–Kier alpha value is -2.87. The molecule has 0 fully saturated rings. The molecule has 8 heteroatoms. The van der Waals surface area contributed by atoms with Crippen LogP contribution in [-0.2, 0) is 25.5 Å². The van der Waals surface area contributed by atoms with E-state index in [1.807, 2.05) is 31.2 Å². The standard InChI is InChI=1S/C22H25NO6S/c1-13-6-4-7-14(12-13)29-11-5-8-17(24)23-20-19(22(26)28-3)18-15(21(25)27-2)9-10-16(18)30-20/h4,6-7,12,15H,5,8-11H2,1-3H3,(H,23,24)/t15-/m1/s1. The number of rotatable bonds is 8. The van der Waals surface area contributed by atoms with Gasteiger partial charge < -0.3 is 19.5 Å². The topological polar surface area (TPSA) is 90.9 Å². The number of carbonyl (C=O) groups excluding carboxylic acids is 3. The Labute approximate surface area is 179 Å². The zero-order valence-corrected chi connectivity index (χ0v) is 18.1. The Bertz CT molecular complexity index is 951. The van der Waals surface area contributed by atoms with Gasteiger partial charge in [-0.15, -0.1) is 11.3 Å². The lowest BCUT2D eigenvalue weighted by Gasteiger charge is -2.12. The Morgan fingerprint density at radius 3 is 2.70 bits per heavy atom. The summed E-state index contributed by atoms with van der Waals surface area (Å²) in [5.41, 5.74) is 1.99. The second-order valence-corrected chi connectivity index (χ2v) is 8.17. The highest BCUT2D eigenvalue weighted by atomic mass is 32.1. The third-order valence-electron chi connectivity index (χ3n) is 4.97. The SMILES string of the molecule is COC(=O)c1c(NC(=O)CCCOc2cccc(C)c2)sc2c1[C@H](C(=O)OC)CC2. The molecule has 3 rings (SSSR count). The number of esters is 2. The van der Waals surface area contributed by atoms with Gasteiger partial charge in [0.15, 0.2) is 0 Å². The van der Waals surface area contributed by atoms with Crippen LogP contribution in [0.3, 0.4) is 0 Å². The summed E-state index contributed by atoms with van der Waals surface area (Å²) in [6.45, 7) is 2.40. The van der Waals surface area contributed by atoms with E-state index in [-0.39, 0.29) is 23.9 Å². The van der Waals surface area contributed by atoms with Crippen molar-refractivity contribution >= 4 is 34.2 Å². The van der Waals surface area contributed by atoms with Crippen LogP contribution in [0.2, 0.25) is 0 Å². The fraction of sp³-hybridized carbons (Fsp3) is 0.409. The third-order valence-corrected chi connectivity index (χ3v) is 6.15. The predicted molar refractivity (Wildman–Crippen MR) is 113 cm³/mol. The van der Waals surface area contributed by atoms with Crippen LogP contribution >= 0.6 is 11.3 Å². The van der Waals surface area contributed by atoms with Gasteiger partial charge in [0.2, 0.25) is 5.91 Å². The first-order valence-electron chi connectivity index (χ1n) is 9.75. The maximum Gasteiger partial charge on any atom is 0.341 e. The van der Waals surface area contributed by atoms with Gasteiger partial charge in [0.05, 0.1) is 32.3 Å². The second kappa shape index (κ2) is 9.75. The molecule has 0 bridgehead atoms. The lowest BCUT2D eigenvalue weighted by atomic mass is 9.99. The van der Waals surface area contributed by atoms with Crippen molar-refractivity contribution in [2.45, 2.75) is 38.5 Å². The van der Waals surface area contributed by atoms with Crippen LogP contribution in [-0.4, -0.2) is 38.7 Å². The number of aryl methyl sites for hydroxylation is 2. The maximum absolute atomic E-state index is 12.4. The molecular weight excluding hydrogens is 406 g/mol. The lowest BCUT2D eigenvalue weighted by Crippen LogP contribution is -2.18. The average molecular weight is 432 g/mol. The minimum Gasteiger partial charge on any atom is -0.494 e.